The average Bonchev–Trinajstić information content (AvgIpc) is 3.31. The fraction of sp³-hybridized carbons (Fsp3) is 0.582. The van der Waals surface area contributed by atoms with Crippen molar-refractivity contribution in [3.8, 4) is 23.0 Å². The van der Waals surface area contributed by atoms with Crippen molar-refractivity contribution in [1.82, 2.24) is 9.80 Å². The molecule has 0 heterocycles. The fourth-order valence-electron chi connectivity index (χ4n) is 8.63. The molecular weight excluding hydrogens is 929 g/mol. The van der Waals surface area contributed by atoms with Crippen molar-refractivity contribution in [2.75, 3.05) is 55.5 Å². The van der Waals surface area contributed by atoms with Gasteiger partial charge in [0.25, 0.3) is 0 Å². The van der Waals surface area contributed by atoms with Crippen LogP contribution in [0.5, 0.6) is 23.0 Å². The molecule has 0 bridgehead atoms. The van der Waals surface area contributed by atoms with Crippen LogP contribution in [-0.2, 0) is 16.0 Å². The normalized spacial score (nSPS) is 13.8. The van der Waals surface area contributed by atoms with E-state index in [1.54, 1.807) is 38.0 Å². The molecule has 1 rings (SSSR count). The largest absolute Gasteiger partial charge is 0.490 e. The Morgan fingerprint density at radius 2 is 0.600 bits per heavy atom. The van der Waals surface area contributed by atoms with Crippen LogP contribution in [-0.4, -0.2) is 77.2 Å². The summed E-state index contributed by atoms with van der Waals surface area (Å²) in [5.41, 5.74) is 15.9. The van der Waals surface area contributed by atoms with Crippen LogP contribution in [0.1, 0.15) is 203 Å². The van der Waals surface area contributed by atoms with Gasteiger partial charge in [0.1, 0.15) is 0 Å². The quantitative estimate of drug-likeness (QED) is 0.0371. The SMILES string of the molecule is COc1c(OC(=O)CN(C)C)c(C)c(C/C=C(\C)CC/C=C(\C)CC/C=C(\C)CC/C=C(\C)CC/C=C(\C)CC/C=C(\C)CC/C=C(\C)CC/C=C(\C)CC/C=C(\C)CCC=C(C)C)c(OC(=O)CN(C)C)c1OC. The van der Waals surface area contributed by atoms with Gasteiger partial charge in [-0.25, -0.2) is 0 Å². The van der Waals surface area contributed by atoms with Crippen molar-refractivity contribution in [1.29, 1.82) is 0 Å². The first-order valence-corrected chi connectivity index (χ1v) is 28.1. The lowest BCUT2D eigenvalue weighted by atomic mass is 9.99. The number of allylic oxidation sites excluding steroid dienone is 20. The maximum absolute atomic E-state index is 12.9. The number of benzene rings is 1. The van der Waals surface area contributed by atoms with Gasteiger partial charge in [-0.15, -0.1) is 0 Å². The maximum Gasteiger partial charge on any atom is 0.325 e. The van der Waals surface area contributed by atoms with Crippen molar-refractivity contribution >= 4 is 11.9 Å². The molecule has 0 fully saturated rings. The molecule has 0 spiro atoms. The number of nitrogens with zero attached hydrogens (tertiary/aromatic N) is 2. The van der Waals surface area contributed by atoms with Gasteiger partial charge in [-0.1, -0.05) is 116 Å². The van der Waals surface area contributed by atoms with Crippen LogP contribution in [0.25, 0.3) is 0 Å². The number of methoxy groups -OCH3 is 2. The topological polar surface area (TPSA) is 77.5 Å². The third-order valence-corrected chi connectivity index (χ3v) is 13.4. The highest BCUT2D eigenvalue weighted by Gasteiger charge is 2.29. The number of esters is 2. The molecule has 0 N–H and O–H groups in total. The Labute approximate surface area is 459 Å². The molecule has 75 heavy (non-hydrogen) atoms. The molecule has 0 amide bonds. The maximum atomic E-state index is 12.9. The smallest absolute Gasteiger partial charge is 0.325 e. The van der Waals surface area contributed by atoms with E-state index in [2.05, 4.69) is 137 Å². The van der Waals surface area contributed by atoms with Crippen LogP contribution >= 0.6 is 0 Å². The number of hydrogen-bond donors (Lipinski definition) is 0. The molecule has 0 saturated carbocycles. The molecule has 0 aromatic heterocycles. The number of carbonyl (C=O) groups excluding carboxylic acids is 2. The van der Waals surface area contributed by atoms with Gasteiger partial charge in [-0.3, -0.25) is 19.4 Å². The Morgan fingerprint density at radius 1 is 0.360 bits per heavy atom. The van der Waals surface area contributed by atoms with Gasteiger partial charge in [0.15, 0.2) is 11.5 Å². The van der Waals surface area contributed by atoms with E-state index in [4.69, 9.17) is 18.9 Å². The van der Waals surface area contributed by atoms with Gasteiger partial charge in [0.2, 0.25) is 11.5 Å². The minimum atomic E-state index is -0.436. The summed E-state index contributed by atoms with van der Waals surface area (Å²) < 4.78 is 23.2. The second-order valence-electron chi connectivity index (χ2n) is 22.0. The lowest BCUT2D eigenvalue weighted by Gasteiger charge is -2.22. The Morgan fingerprint density at radius 3 is 0.853 bits per heavy atom. The molecule has 0 aliphatic carbocycles. The van der Waals surface area contributed by atoms with Gasteiger partial charge < -0.3 is 18.9 Å². The van der Waals surface area contributed by atoms with E-state index in [-0.39, 0.29) is 36.1 Å². The van der Waals surface area contributed by atoms with Gasteiger partial charge >= 0.3 is 11.9 Å². The van der Waals surface area contributed by atoms with Crippen LogP contribution in [0.15, 0.2) is 116 Å². The number of rotatable bonds is 37. The van der Waals surface area contributed by atoms with E-state index < -0.39 is 11.9 Å². The van der Waals surface area contributed by atoms with Crippen molar-refractivity contribution in [3.05, 3.63) is 128 Å². The Balaban J connectivity index is 2.58. The molecule has 0 unspecified atom stereocenters. The summed E-state index contributed by atoms with van der Waals surface area (Å²) in [6, 6.07) is 0. The van der Waals surface area contributed by atoms with Crippen LogP contribution in [0, 0.1) is 6.92 Å². The number of likely N-dealkylation sites (N-methyl/N-ethyl adjacent to an activating group) is 2. The monoisotopic (exact) mass is 1030 g/mol. The highest BCUT2D eigenvalue weighted by molar-refractivity contribution is 5.81. The van der Waals surface area contributed by atoms with E-state index >= 15 is 0 Å². The Hall–Kier alpha value is -4.92. The zero-order valence-corrected chi connectivity index (χ0v) is 51.0. The fourth-order valence-corrected chi connectivity index (χ4v) is 8.63. The predicted molar refractivity (Wildman–Crippen MR) is 323 cm³/mol. The lowest BCUT2D eigenvalue weighted by molar-refractivity contribution is -0.136. The van der Waals surface area contributed by atoms with E-state index in [1.165, 1.54) is 82.8 Å². The molecule has 1 aromatic carbocycles. The molecule has 420 valence electrons. The predicted octanol–water partition coefficient (Wildman–Crippen LogP) is 18.0. The van der Waals surface area contributed by atoms with Gasteiger partial charge in [-0.05, 0) is 233 Å². The summed E-state index contributed by atoms with van der Waals surface area (Å²) in [6.45, 7) is 26.7. The van der Waals surface area contributed by atoms with Gasteiger partial charge in [-0.2, -0.15) is 0 Å². The molecule has 1 aromatic rings. The van der Waals surface area contributed by atoms with Crippen LogP contribution in [0.4, 0.5) is 0 Å². The Kier molecular flexibility index (Phi) is 35.8. The second kappa shape index (κ2) is 39.5. The third-order valence-electron chi connectivity index (χ3n) is 13.4. The van der Waals surface area contributed by atoms with Gasteiger partial charge in [0.05, 0.1) is 27.3 Å². The molecule has 8 heteroatoms. The molecule has 0 aliphatic heterocycles. The first-order valence-electron chi connectivity index (χ1n) is 28.1. The summed E-state index contributed by atoms with van der Waals surface area (Å²) >= 11 is 0. The van der Waals surface area contributed by atoms with Crippen LogP contribution < -0.4 is 18.9 Å². The average molecular weight is 1040 g/mol. The van der Waals surface area contributed by atoms with Crippen LogP contribution in [0.3, 0.4) is 0 Å². The van der Waals surface area contributed by atoms with Crippen molar-refractivity contribution < 1.29 is 28.5 Å². The minimum absolute atomic E-state index is 0.0866. The number of hydrogen-bond acceptors (Lipinski definition) is 8. The van der Waals surface area contributed by atoms with E-state index in [0.29, 0.717) is 17.5 Å². The Bertz CT molecular complexity index is 2230. The zero-order valence-electron chi connectivity index (χ0n) is 51.0. The van der Waals surface area contributed by atoms with E-state index in [9.17, 15) is 9.59 Å². The van der Waals surface area contributed by atoms with E-state index in [0.717, 1.165) is 103 Å². The summed E-state index contributed by atoms with van der Waals surface area (Å²) in [4.78, 5) is 29.2. The first-order chi connectivity index (χ1) is 35.6. The molecule has 0 saturated heterocycles. The first kappa shape index (κ1) is 68.1. The summed E-state index contributed by atoms with van der Waals surface area (Å²) in [5.74, 6) is 0.0758. The lowest BCUT2D eigenvalue weighted by Crippen LogP contribution is -2.27. The number of carbonyl (C=O) groups is 2. The molecule has 0 aliphatic rings. The summed E-state index contributed by atoms with van der Waals surface area (Å²) in [5, 5.41) is 0. The third kappa shape index (κ3) is 32.3. The molecule has 0 radical (unpaired) electrons. The van der Waals surface area contributed by atoms with Crippen molar-refractivity contribution in [3.63, 3.8) is 0 Å². The highest BCUT2D eigenvalue weighted by Crippen LogP contribution is 2.50. The highest BCUT2D eigenvalue weighted by atomic mass is 16.6. The molecular formula is C67H106N2O6. The summed E-state index contributed by atoms with van der Waals surface area (Å²) in [6.07, 6.45) is 44.2. The van der Waals surface area contributed by atoms with Gasteiger partial charge in [0, 0.05) is 11.1 Å². The second-order valence-corrected chi connectivity index (χ2v) is 22.0. The van der Waals surface area contributed by atoms with Crippen molar-refractivity contribution in [2.45, 2.75) is 205 Å². The van der Waals surface area contributed by atoms with E-state index in [1.807, 2.05) is 6.92 Å². The summed E-state index contributed by atoms with van der Waals surface area (Å²) in [7, 11) is 10.2. The molecule has 8 nitrogen and oxygen atoms in total. The number of ether oxygens (including phenoxy) is 4. The van der Waals surface area contributed by atoms with Crippen LogP contribution in [0.2, 0.25) is 0 Å². The minimum Gasteiger partial charge on any atom is -0.490 e. The standard InChI is InChI=1S/C67H106N2O6/c1-50(2)28-19-29-51(3)30-20-31-52(4)32-21-33-53(5)34-22-35-54(6)36-23-37-55(7)38-24-39-56(8)40-25-41-57(9)42-26-43-58(10)44-27-45-59(11)46-47-61-60(12)64(74-62(70)48-68(13)14)66(72-17)67(73-18)65(61)75-63(71)49-69(15)16/h28,30,32,34,36,38,40,42,44,46H,19-27,29,31,33,35,37,39,41,43,45,47-49H2,1-18H3/b51-30+,52-32+,53-34+,54-36+,55-38+,56-40+,57-42+,58-44+,59-46+. The zero-order chi connectivity index (χ0) is 56.3. The molecule has 0 atom stereocenters. The van der Waals surface area contributed by atoms with Crippen molar-refractivity contribution in [2.24, 2.45) is 0 Å².